The first-order chi connectivity index (χ1) is 9.38. The van der Waals surface area contributed by atoms with E-state index < -0.39 is 30.3 Å². The van der Waals surface area contributed by atoms with Crippen molar-refractivity contribution in [2.45, 2.75) is 45.2 Å². The summed E-state index contributed by atoms with van der Waals surface area (Å²) in [6.07, 6.45) is -3.05. The molecule has 0 saturated carbocycles. The molecule has 3 atom stereocenters. The second kappa shape index (κ2) is 6.43. The molecule has 8 heteroatoms. The first-order valence-corrected chi connectivity index (χ1v) is 6.29. The lowest BCUT2D eigenvalue weighted by molar-refractivity contribution is -0.396. The fourth-order valence-electron chi connectivity index (χ4n) is 2.64. The zero-order valence-electron chi connectivity index (χ0n) is 11.2. The van der Waals surface area contributed by atoms with E-state index in [0.29, 0.717) is 19.3 Å². The van der Waals surface area contributed by atoms with E-state index in [1.165, 1.54) is 0 Å². The van der Waals surface area contributed by atoms with Crippen LogP contribution in [0.3, 0.4) is 0 Å². The fourth-order valence-corrected chi connectivity index (χ4v) is 2.64. The molecule has 0 aromatic heterocycles. The summed E-state index contributed by atoms with van der Waals surface area (Å²) in [4.78, 5) is 21.7. The Bertz CT molecular complexity index is 401. The van der Waals surface area contributed by atoms with Gasteiger partial charge in [-0.1, -0.05) is 20.3 Å². The maximum atomic E-state index is 10.8. The molecule has 0 spiro atoms. The van der Waals surface area contributed by atoms with Crippen LogP contribution in [-0.2, 0) is 14.2 Å². The Hall–Kier alpha value is -2.01. The number of carboxylic acid groups (broad SMARTS) is 2. The van der Waals surface area contributed by atoms with Crippen molar-refractivity contribution < 1.29 is 34.0 Å². The van der Waals surface area contributed by atoms with Gasteiger partial charge in [0.2, 0.25) is 0 Å². The van der Waals surface area contributed by atoms with Gasteiger partial charge in [0, 0.05) is 0 Å². The van der Waals surface area contributed by atoms with Crippen molar-refractivity contribution in [1.29, 1.82) is 5.26 Å². The third-order valence-corrected chi connectivity index (χ3v) is 3.41. The van der Waals surface area contributed by atoms with Crippen LogP contribution in [-0.4, -0.2) is 34.6 Å². The maximum absolute atomic E-state index is 10.8. The minimum Gasteiger partial charge on any atom is -0.450 e. The Morgan fingerprint density at radius 3 is 2.20 bits per heavy atom. The van der Waals surface area contributed by atoms with Crippen LogP contribution >= 0.6 is 0 Å². The van der Waals surface area contributed by atoms with Gasteiger partial charge in [0.15, 0.2) is 6.10 Å². The first-order valence-electron chi connectivity index (χ1n) is 6.29. The van der Waals surface area contributed by atoms with Crippen LogP contribution in [0.25, 0.3) is 0 Å². The molecule has 8 nitrogen and oxygen atoms in total. The average molecular weight is 287 g/mol. The van der Waals surface area contributed by atoms with E-state index in [1.807, 2.05) is 13.0 Å². The summed E-state index contributed by atoms with van der Waals surface area (Å²) in [5, 5.41) is 26.6. The molecule has 1 rings (SSSR count). The summed E-state index contributed by atoms with van der Waals surface area (Å²) in [7, 11) is 0. The van der Waals surface area contributed by atoms with Gasteiger partial charge in [-0.25, -0.2) is 9.59 Å². The summed E-state index contributed by atoms with van der Waals surface area (Å²) in [6, 6.07) is 1.85. The number of rotatable bonds is 4. The van der Waals surface area contributed by atoms with Gasteiger partial charge >= 0.3 is 18.3 Å². The molecule has 0 aromatic rings. The maximum Gasteiger partial charge on any atom is 0.510 e. The Balaban J connectivity index is 3.20. The highest BCUT2D eigenvalue weighted by molar-refractivity contribution is 5.60. The molecule has 20 heavy (non-hydrogen) atoms. The lowest BCUT2D eigenvalue weighted by Gasteiger charge is -2.44. The quantitative estimate of drug-likeness (QED) is 0.596. The monoisotopic (exact) mass is 287 g/mol. The van der Waals surface area contributed by atoms with Gasteiger partial charge in [0.1, 0.15) is 0 Å². The molecule has 2 N–H and O–H groups in total. The summed E-state index contributed by atoms with van der Waals surface area (Å²) in [6.45, 7) is 3.61. The Morgan fingerprint density at radius 1 is 1.30 bits per heavy atom. The molecule has 1 heterocycles. The number of carbonyl (C=O) groups is 2. The van der Waals surface area contributed by atoms with Crippen LogP contribution in [0, 0.1) is 23.2 Å². The molecule has 0 aliphatic carbocycles. The normalized spacial score (nSPS) is 28.1. The number of hydrogen-bond acceptors (Lipinski definition) is 6. The van der Waals surface area contributed by atoms with Gasteiger partial charge in [-0.05, 0) is 18.8 Å². The van der Waals surface area contributed by atoms with Crippen molar-refractivity contribution in [2.75, 3.05) is 0 Å². The number of ether oxygens (including phenoxy) is 3. The van der Waals surface area contributed by atoms with Gasteiger partial charge < -0.3 is 19.7 Å². The van der Waals surface area contributed by atoms with Crippen molar-refractivity contribution in [3.63, 3.8) is 0 Å². The fraction of sp³-hybridized carbons (Fsp3) is 0.750. The van der Waals surface area contributed by atoms with Crippen LogP contribution in [0.15, 0.2) is 0 Å². The highest BCUT2D eigenvalue weighted by atomic mass is 16.9. The van der Waals surface area contributed by atoms with E-state index >= 15 is 0 Å². The Morgan fingerprint density at radius 2 is 1.85 bits per heavy atom. The van der Waals surface area contributed by atoms with Gasteiger partial charge in [-0.2, -0.15) is 5.26 Å². The summed E-state index contributed by atoms with van der Waals surface area (Å²) in [5.41, 5.74) is 0. The number of nitrogens with zero attached hydrogens (tertiary/aromatic N) is 1. The molecular weight excluding hydrogens is 270 g/mol. The van der Waals surface area contributed by atoms with Crippen molar-refractivity contribution in [3.05, 3.63) is 0 Å². The number of nitriles is 1. The lowest BCUT2D eigenvalue weighted by atomic mass is 9.79. The standard InChI is InChI=1S/C12H17NO7/c1-3-7-5-8(6-13)18-12(9(7)4-2,19-10(14)15)20-11(16)17/h7-9H,3-5H2,1-2H3,(H,14,15)(H,16,17). The molecule has 1 fully saturated rings. The molecule has 1 aliphatic rings. The summed E-state index contributed by atoms with van der Waals surface area (Å²) < 4.78 is 14.4. The molecule has 1 aliphatic heterocycles. The van der Waals surface area contributed by atoms with E-state index in [2.05, 4.69) is 9.47 Å². The van der Waals surface area contributed by atoms with Crippen molar-refractivity contribution in [3.8, 4) is 6.07 Å². The van der Waals surface area contributed by atoms with Crippen molar-refractivity contribution in [2.24, 2.45) is 11.8 Å². The van der Waals surface area contributed by atoms with Gasteiger partial charge in [0.25, 0.3) is 0 Å². The Labute approximate surface area is 115 Å². The molecule has 1 saturated heterocycles. The van der Waals surface area contributed by atoms with E-state index in [-0.39, 0.29) is 5.92 Å². The molecular formula is C12H17NO7. The van der Waals surface area contributed by atoms with Gasteiger partial charge in [-0.15, -0.1) is 0 Å². The van der Waals surface area contributed by atoms with Crippen LogP contribution < -0.4 is 0 Å². The van der Waals surface area contributed by atoms with Crippen LogP contribution in [0.5, 0.6) is 0 Å². The Kier molecular flexibility index (Phi) is 5.16. The van der Waals surface area contributed by atoms with Crippen molar-refractivity contribution >= 4 is 12.3 Å². The van der Waals surface area contributed by atoms with Gasteiger partial charge in [0.05, 0.1) is 12.0 Å². The topological polar surface area (TPSA) is 126 Å². The number of hydrogen-bond donors (Lipinski definition) is 2. The van der Waals surface area contributed by atoms with Crippen LogP contribution in [0.4, 0.5) is 9.59 Å². The second-order valence-electron chi connectivity index (χ2n) is 4.49. The van der Waals surface area contributed by atoms with Crippen LogP contribution in [0.1, 0.15) is 33.1 Å². The third-order valence-electron chi connectivity index (χ3n) is 3.41. The molecule has 0 aromatic carbocycles. The largest absolute Gasteiger partial charge is 0.510 e. The zero-order valence-corrected chi connectivity index (χ0v) is 11.2. The van der Waals surface area contributed by atoms with E-state index in [9.17, 15) is 9.59 Å². The molecule has 112 valence electrons. The first kappa shape index (κ1) is 16.0. The highest BCUT2D eigenvalue weighted by Gasteiger charge is 2.56. The SMILES string of the molecule is CCC1CC(C#N)OC(OC(=O)O)(OC(=O)O)C1CC. The van der Waals surface area contributed by atoms with E-state index in [0.717, 1.165) is 0 Å². The smallest absolute Gasteiger partial charge is 0.450 e. The van der Waals surface area contributed by atoms with Crippen molar-refractivity contribution in [1.82, 2.24) is 0 Å². The minimum absolute atomic E-state index is 0.142. The van der Waals surface area contributed by atoms with Crippen LogP contribution in [0.2, 0.25) is 0 Å². The predicted octanol–water partition coefficient (Wildman–Crippen LogP) is 2.39. The van der Waals surface area contributed by atoms with E-state index in [1.54, 1.807) is 6.92 Å². The summed E-state index contributed by atoms with van der Waals surface area (Å²) in [5.74, 6) is -3.03. The summed E-state index contributed by atoms with van der Waals surface area (Å²) >= 11 is 0. The molecule has 0 radical (unpaired) electrons. The minimum atomic E-state index is -2.29. The average Bonchev–Trinajstić information content (AvgIpc) is 2.35. The van der Waals surface area contributed by atoms with E-state index in [4.69, 9.17) is 20.2 Å². The molecule has 0 bridgehead atoms. The zero-order chi connectivity index (χ0) is 15.3. The van der Waals surface area contributed by atoms with Gasteiger partial charge in [-0.3, -0.25) is 4.74 Å². The molecule has 0 amide bonds. The predicted molar refractivity (Wildman–Crippen MR) is 63.6 cm³/mol. The highest BCUT2D eigenvalue weighted by Crippen LogP contribution is 2.43. The lowest BCUT2D eigenvalue weighted by Crippen LogP contribution is -2.56. The second-order valence-corrected chi connectivity index (χ2v) is 4.49. The molecule has 3 unspecified atom stereocenters. The third kappa shape index (κ3) is 3.30.